The second kappa shape index (κ2) is 6.98. The van der Waals surface area contributed by atoms with Gasteiger partial charge >= 0.3 is 6.09 Å². The Morgan fingerprint density at radius 1 is 1.27 bits per heavy atom. The third-order valence-electron chi connectivity index (χ3n) is 3.59. The highest BCUT2D eigenvalue weighted by molar-refractivity contribution is 14.1. The van der Waals surface area contributed by atoms with Crippen LogP contribution in [0.1, 0.15) is 32.8 Å². The molecule has 1 aromatic carbocycles. The number of halogens is 1. The van der Waals surface area contributed by atoms with E-state index >= 15 is 0 Å². The minimum Gasteiger partial charge on any atom is -0.444 e. The highest BCUT2D eigenvalue weighted by atomic mass is 127. The van der Waals surface area contributed by atoms with Crippen molar-refractivity contribution < 1.29 is 14.3 Å². The number of rotatable bonds is 3. The van der Waals surface area contributed by atoms with Crippen molar-refractivity contribution in [2.24, 2.45) is 5.92 Å². The molecule has 0 aromatic heterocycles. The molecule has 1 amide bonds. The number of Topliss-reactive ketones (excluding diaryl/α,β-unsaturated/α-hetero) is 1. The van der Waals surface area contributed by atoms with Gasteiger partial charge in [-0.25, -0.2) is 4.79 Å². The van der Waals surface area contributed by atoms with Crippen LogP contribution in [0.15, 0.2) is 24.3 Å². The van der Waals surface area contributed by atoms with Crippen molar-refractivity contribution in [1.82, 2.24) is 4.90 Å². The van der Waals surface area contributed by atoms with Gasteiger partial charge in [-0.1, -0.05) is 12.1 Å². The summed E-state index contributed by atoms with van der Waals surface area (Å²) in [4.78, 5) is 26.0. The molecule has 1 aliphatic heterocycles. The van der Waals surface area contributed by atoms with Crippen LogP contribution in [0.4, 0.5) is 4.79 Å². The summed E-state index contributed by atoms with van der Waals surface area (Å²) in [6, 6.07) is 7.98. The third kappa shape index (κ3) is 4.97. The smallest absolute Gasteiger partial charge is 0.410 e. The Kier molecular flexibility index (Phi) is 5.47. The van der Waals surface area contributed by atoms with Crippen LogP contribution in [0.2, 0.25) is 0 Å². The van der Waals surface area contributed by atoms with Crippen molar-refractivity contribution in [3.05, 3.63) is 33.4 Å². The number of likely N-dealkylation sites (tertiary alicyclic amines) is 1. The zero-order valence-electron chi connectivity index (χ0n) is 13.3. The van der Waals surface area contributed by atoms with Crippen LogP contribution in [0.3, 0.4) is 0 Å². The van der Waals surface area contributed by atoms with Gasteiger partial charge in [0.1, 0.15) is 11.4 Å². The Morgan fingerprint density at radius 3 is 2.50 bits per heavy atom. The number of hydrogen-bond donors (Lipinski definition) is 0. The van der Waals surface area contributed by atoms with Crippen LogP contribution >= 0.6 is 22.6 Å². The van der Waals surface area contributed by atoms with E-state index in [4.69, 9.17) is 4.74 Å². The van der Waals surface area contributed by atoms with Gasteiger partial charge in [-0.05, 0) is 67.5 Å². The Labute approximate surface area is 145 Å². The molecule has 1 heterocycles. The summed E-state index contributed by atoms with van der Waals surface area (Å²) in [6.45, 7) is 6.61. The lowest BCUT2D eigenvalue weighted by molar-refractivity contribution is -0.121. The van der Waals surface area contributed by atoms with Gasteiger partial charge in [0.25, 0.3) is 0 Å². The standard InChI is InChI=1S/C17H22INO3/c1-17(2,3)22-16(21)19-9-8-13(11-19)15(20)10-12-4-6-14(18)7-5-12/h4-7,13H,8-11H2,1-3H3. The van der Waals surface area contributed by atoms with E-state index in [0.29, 0.717) is 19.5 Å². The number of ether oxygens (including phenoxy) is 1. The van der Waals surface area contributed by atoms with E-state index in [0.717, 1.165) is 15.6 Å². The first-order chi connectivity index (χ1) is 10.2. The first kappa shape index (κ1) is 17.2. The maximum atomic E-state index is 12.4. The highest BCUT2D eigenvalue weighted by Gasteiger charge is 2.33. The predicted octanol–water partition coefficient (Wildman–Crippen LogP) is 3.66. The number of carbonyl (C=O) groups is 2. The van der Waals surface area contributed by atoms with Gasteiger partial charge in [0, 0.05) is 29.0 Å². The third-order valence-corrected chi connectivity index (χ3v) is 4.31. The van der Waals surface area contributed by atoms with Crippen LogP contribution < -0.4 is 0 Å². The molecule has 0 radical (unpaired) electrons. The van der Waals surface area contributed by atoms with Gasteiger partial charge in [0.2, 0.25) is 0 Å². The summed E-state index contributed by atoms with van der Waals surface area (Å²) in [6.07, 6.45) is 0.837. The SMILES string of the molecule is CC(C)(C)OC(=O)N1CCC(C(=O)Cc2ccc(I)cc2)C1. The topological polar surface area (TPSA) is 46.6 Å². The molecule has 0 aliphatic carbocycles. The second-order valence-electron chi connectivity index (χ2n) is 6.68. The average molecular weight is 415 g/mol. The highest BCUT2D eigenvalue weighted by Crippen LogP contribution is 2.21. The lowest BCUT2D eigenvalue weighted by atomic mass is 9.97. The first-order valence-electron chi connectivity index (χ1n) is 7.50. The number of carbonyl (C=O) groups excluding carboxylic acids is 2. The van der Waals surface area contributed by atoms with Crippen molar-refractivity contribution in [2.45, 2.75) is 39.2 Å². The summed E-state index contributed by atoms with van der Waals surface area (Å²) >= 11 is 2.25. The number of hydrogen-bond acceptors (Lipinski definition) is 3. The molecule has 5 heteroatoms. The monoisotopic (exact) mass is 415 g/mol. The van der Waals surface area contributed by atoms with Crippen molar-refractivity contribution in [3.8, 4) is 0 Å². The normalized spacial score (nSPS) is 18.4. The molecule has 0 saturated carbocycles. The molecule has 0 spiro atoms. The molecule has 1 saturated heterocycles. The minimum absolute atomic E-state index is 0.0770. The fourth-order valence-corrected chi connectivity index (χ4v) is 2.82. The molecule has 2 rings (SSSR count). The van der Waals surface area contributed by atoms with Gasteiger partial charge in [0.05, 0.1) is 0 Å². The molecule has 1 aliphatic rings. The van der Waals surface area contributed by atoms with E-state index in [1.165, 1.54) is 0 Å². The van der Waals surface area contributed by atoms with Gasteiger partial charge < -0.3 is 9.64 Å². The molecule has 1 aromatic rings. The second-order valence-corrected chi connectivity index (χ2v) is 7.93. The fourth-order valence-electron chi connectivity index (χ4n) is 2.46. The molecule has 22 heavy (non-hydrogen) atoms. The van der Waals surface area contributed by atoms with E-state index in [2.05, 4.69) is 22.6 Å². The molecule has 1 fully saturated rings. The zero-order chi connectivity index (χ0) is 16.3. The zero-order valence-corrected chi connectivity index (χ0v) is 15.4. The van der Waals surface area contributed by atoms with Crippen LogP contribution in [0.5, 0.6) is 0 Å². The van der Waals surface area contributed by atoms with Gasteiger partial charge in [-0.2, -0.15) is 0 Å². The molecular weight excluding hydrogens is 393 g/mol. The quantitative estimate of drug-likeness (QED) is 0.708. The Balaban J connectivity index is 1.88. The Morgan fingerprint density at radius 2 is 1.91 bits per heavy atom. The van der Waals surface area contributed by atoms with Crippen LogP contribution in [-0.4, -0.2) is 35.5 Å². The van der Waals surface area contributed by atoms with Crippen LogP contribution in [0, 0.1) is 9.49 Å². The van der Waals surface area contributed by atoms with Crippen LogP contribution in [0.25, 0.3) is 0 Å². The number of benzene rings is 1. The van der Waals surface area contributed by atoms with E-state index in [-0.39, 0.29) is 17.8 Å². The summed E-state index contributed by atoms with van der Waals surface area (Å²) < 4.78 is 6.51. The minimum atomic E-state index is -0.500. The largest absolute Gasteiger partial charge is 0.444 e. The molecular formula is C17H22INO3. The predicted molar refractivity (Wildman–Crippen MR) is 93.8 cm³/mol. The van der Waals surface area contributed by atoms with Crippen molar-refractivity contribution in [3.63, 3.8) is 0 Å². The molecule has 120 valence electrons. The summed E-state index contributed by atoms with van der Waals surface area (Å²) in [5.41, 5.74) is 0.529. The molecule has 4 nitrogen and oxygen atoms in total. The lowest BCUT2D eigenvalue weighted by Crippen LogP contribution is -2.36. The van der Waals surface area contributed by atoms with E-state index in [1.54, 1.807) is 4.90 Å². The Bertz CT molecular complexity index is 548. The van der Waals surface area contributed by atoms with Gasteiger partial charge in [-0.15, -0.1) is 0 Å². The first-order valence-corrected chi connectivity index (χ1v) is 8.57. The number of nitrogens with zero attached hydrogens (tertiary/aromatic N) is 1. The average Bonchev–Trinajstić information content (AvgIpc) is 2.89. The summed E-state index contributed by atoms with van der Waals surface area (Å²) in [7, 11) is 0. The molecule has 1 atom stereocenters. The molecule has 0 N–H and O–H groups in total. The van der Waals surface area contributed by atoms with E-state index in [1.807, 2.05) is 45.0 Å². The van der Waals surface area contributed by atoms with E-state index < -0.39 is 5.60 Å². The van der Waals surface area contributed by atoms with Crippen LogP contribution in [-0.2, 0) is 16.0 Å². The Hall–Kier alpha value is -1.11. The van der Waals surface area contributed by atoms with Gasteiger partial charge in [0.15, 0.2) is 0 Å². The van der Waals surface area contributed by atoms with Crippen molar-refractivity contribution in [1.29, 1.82) is 0 Å². The maximum Gasteiger partial charge on any atom is 0.410 e. The number of ketones is 1. The van der Waals surface area contributed by atoms with E-state index in [9.17, 15) is 9.59 Å². The maximum absolute atomic E-state index is 12.4. The fraction of sp³-hybridized carbons (Fsp3) is 0.529. The van der Waals surface area contributed by atoms with Crippen molar-refractivity contribution in [2.75, 3.05) is 13.1 Å². The van der Waals surface area contributed by atoms with Crippen molar-refractivity contribution >= 4 is 34.5 Å². The van der Waals surface area contributed by atoms with Gasteiger partial charge in [-0.3, -0.25) is 4.79 Å². The molecule has 1 unspecified atom stereocenters. The summed E-state index contributed by atoms with van der Waals surface area (Å²) in [5, 5.41) is 0. The molecule has 0 bridgehead atoms. The lowest BCUT2D eigenvalue weighted by Gasteiger charge is -2.24. The summed E-state index contributed by atoms with van der Waals surface area (Å²) in [5.74, 6) is 0.124. The number of amides is 1.